The number of rotatable bonds is 2. The fourth-order valence-corrected chi connectivity index (χ4v) is 1.10. The van der Waals surface area contributed by atoms with Gasteiger partial charge in [-0.3, -0.25) is 9.78 Å². The first-order valence-electron chi connectivity index (χ1n) is 3.77. The highest BCUT2D eigenvalue weighted by molar-refractivity contribution is 5.76. The molecule has 0 amide bonds. The Labute approximate surface area is 74.6 Å². The van der Waals surface area contributed by atoms with E-state index in [0.717, 1.165) is 0 Å². The third-order valence-corrected chi connectivity index (χ3v) is 1.84. The van der Waals surface area contributed by atoms with Crippen molar-refractivity contribution in [3.63, 3.8) is 0 Å². The Bertz CT molecular complexity index is 337. The summed E-state index contributed by atoms with van der Waals surface area (Å²) in [5.74, 6) is 0. The fourth-order valence-electron chi connectivity index (χ4n) is 1.10. The van der Waals surface area contributed by atoms with E-state index in [1.165, 1.54) is 13.0 Å². The van der Waals surface area contributed by atoms with E-state index in [2.05, 4.69) is 4.98 Å². The average molecular weight is 185 g/mol. The molecule has 70 valence electrons. The summed E-state index contributed by atoms with van der Waals surface area (Å²) in [5.41, 5.74) is 0.809. The molecule has 0 radical (unpaired) electrons. The van der Waals surface area contributed by atoms with E-state index in [1.807, 2.05) is 0 Å². The van der Waals surface area contributed by atoms with Crippen molar-refractivity contribution in [2.24, 2.45) is 0 Å². The fraction of sp³-hybridized carbons (Fsp3) is 0.333. The summed E-state index contributed by atoms with van der Waals surface area (Å²) >= 11 is 0. The summed E-state index contributed by atoms with van der Waals surface area (Å²) in [6.07, 6.45) is -2.04. The summed E-state index contributed by atoms with van der Waals surface area (Å²) in [7, 11) is 0. The van der Waals surface area contributed by atoms with Gasteiger partial charge in [0.25, 0.3) is 6.43 Å². The van der Waals surface area contributed by atoms with Gasteiger partial charge in [0.15, 0.2) is 6.29 Å². The second kappa shape index (κ2) is 3.60. The zero-order valence-corrected chi connectivity index (χ0v) is 7.34. The molecule has 4 heteroatoms. The topological polar surface area (TPSA) is 30.0 Å². The number of aromatic nitrogens is 1. The first kappa shape index (κ1) is 9.77. The Balaban J connectivity index is 3.30. The number of carbonyl (C=O) groups is 1. The van der Waals surface area contributed by atoms with Gasteiger partial charge in [-0.15, -0.1) is 0 Å². The maximum Gasteiger partial charge on any atom is 0.265 e. The highest BCUT2D eigenvalue weighted by Crippen LogP contribution is 2.22. The summed E-state index contributed by atoms with van der Waals surface area (Å²) in [6, 6.07) is 1.19. The predicted molar refractivity (Wildman–Crippen MR) is 44.1 cm³/mol. The summed E-state index contributed by atoms with van der Waals surface area (Å²) in [6.45, 7) is 3.12. The maximum absolute atomic E-state index is 12.3. The molecule has 0 aliphatic carbocycles. The van der Waals surface area contributed by atoms with Gasteiger partial charge in [0, 0.05) is 22.5 Å². The third kappa shape index (κ3) is 1.88. The molecule has 0 spiro atoms. The second-order valence-corrected chi connectivity index (χ2v) is 2.76. The molecule has 0 saturated carbocycles. The molecular formula is C9H9F2NO. The lowest BCUT2D eigenvalue weighted by Crippen LogP contribution is -1.99. The first-order valence-corrected chi connectivity index (χ1v) is 3.77. The van der Waals surface area contributed by atoms with Crippen LogP contribution in [0.5, 0.6) is 0 Å². The van der Waals surface area contributed by atoms with Gasteiger partial charge >= 0.3 is 0 Å². The van der Waals surface area contributed by atoms with Crippen molar-refractivity contribution in [1.82, 2.24) is 4.98 Å². The van der Waals surface area contributed by atoms with Crippen molar-refractivity contribution >= 4 is 6.29 Å². The lowest BCUT2D eigenvalue weighted by atomic mass is 10.1. The maximum atomic E-state index is 12.3. The first-order chi connectivity index (χ1) is 6.06. The van der Waals surface area contributed by atoms with E-state index in [4.69, 9.17) is 0 Å². The van der Waals surface area contributed by atoms with Crippen LogP contribution in [0.25, 0.3) is 0 Å². The number of halogens is 2. The number of aldehydes is 1. The molecule has 1 aromatic rings. The van der Waals surface area contributed by atoms with E-state index in [0.29, 0.717) is 12.0 Å². The lowest BCUT2D eigenvalue weighted by molar-refractivity contribution is 0.112. The van der Waals surface area contributed by atoms with Gasteiger partial charge in [-0.2, -0.15) is 0 Å². The minimum atomic E-state index is -2.58. The van der Waals surface area contributed by atoms with E-state index in [1.54, 1.807) is 6.92 Å². The van der Waals surface area contributed by atoms with Crippen LogP contribution in [0.15, 0.2) is 6.07 Å². The van der Waals surface area contributed by atoms with Gasteiger partial charge in [0.05, 0.1) is 0 Å². The van der Waals surface area contributed by atoms with E-state index >= 15 is 0 Å². The number of nitrogens with zero attached hydrogens (tertiary/aromatic N) is 1. The van der Waals surface area contributed by atoms with Gasteiger partial charge in [0.2, 0.25) is 0 Å². The SMILES string of the molecule is Cc1nc(C)c(C(F)F)cc1C=O. The summed E-state index contributed by atoms with van der Waals surface area (Å²) < 4.78 is 24.6. The van der Waals surface area contributed by atoms with Crippen LogP contribution < -0.4 is 0 Å². The van der Waals surface area contributed by atoms with E-state index in [-0.39, 0.29) is 16.8 Å². The Kier molecular flexibility index (Phi) is 2.70. The standard InChI is InChI=1S/C9H9F2NO/c1-5-7(4-13)3-8(9(10)11)6(2)12-5/h3-4,9H,1-2H3. The van der Waals surface area contributed by atoms with Gasteiger partial charge in [0.1, 0.15) is 0 Å². The van der Waals surface area contributed by atoms with Crippen molar-refractivity contribution in [2.75, 3.05) is 0 Å². The normalized spacial score (nSPS) is 10.5. The van der Waals surface area contributed by atoms with Crippen LogP contribution >= 0.6 is 0 Å². The number of hydrogen-bond donors (Lipinski definition) is 0. The van der Waals surface area contributed by atoms with Crippen LogP contribution in [-0.4, -0.2) is 11.3 Å². The molecule has 0 aromatic carbocycles. The number of alkyl halides is 2. The quantitative estimate of drug-likeness (QED) is 0.662. The molecular weight excluding hydrogens is 176 g/mol. The van der Waals surface area contributed by atoms with Gasteiger partial charge in [-0.1, -0.05) is 0 Å². The zero-order valence-electron chi connectivity index (χ0n) is 7.34. The third-order valence-electron chi connectivity index (χ3n) is 1.84. The Morgan fingerprint density at radius 3 is 2.46 bits per heavy atom. The van der Waals surface area contributed by atoms with E-state index < -0.39 is 6.43 Å². The predicted octanol–water partition coefficient (Wildman–Crippen LogP) is 2.45. The summed E-state index contributed by atoms with van der Waals surface area (Å²) in [5, 5.41) is 0. The van der Waals surface area contributed by atoms with E-state index in [9.17, 15) is 13.6 Å². The van der Waals surface area contributed by atoms with Crippen molar-refractivity contribution < 1.29 is 13.6 Å². The molecule has 0 bridgehead atoms. The minimum absolute atomic E-state index is 0.173. The lowest BCUT2D eigenvalue weighted by Gasteiger charge is -2.06. The van der Waals surface area contributed by atoms with Crippen LogP contribution in [0.4, 0.5) is 8.78 Å². The van der Waals surface area contributed by atoms with Crippen molar-refractivity contribution in [2.45, 2.75) is 20.3 Å². The van der Waals surface area contributed by atoms with Gasteiger partial charge in [-0.25, -0.2) is 8.78 Å². The molecule has 0 saturated heterocycles. The molecule has 0 fully saturated rings. The monoisotopic (exact) mass is 185 g/mol. The zero-order chi connectivity index (χ0) is 10.0. The Morgan fingerprint density at radius 2 is 2.00 bits per heavy atom. The van der Waals surface area contributed by atoms with Crippen LogP contribution in [0.1, 0.15) is 33.7 Å². The Morgan fingerprint density at radius 1 is 1.38 bits per heavy atom. The van der Waals surface area contributed by atoms with Gasteiger partial charge < -0.3 is 0 Å². The molecule has 0 N–H and O–H groups in total. The molecule has 0 aliphatic heterocycles. The van der Waals surface area contributed by atoms with Crippen LogP contribution in [-0.2, 0) is 0 Å². The second-order valence-electron chi connectivity index (χ2n) is 2.76. The molecule has 0 aliphatic rings. The van der Waals surface area contributed by atoms with Crippen LogP contribution in [0, 0.1) is 13.8 Å². The number of carbonyl (C=O) groups excluding carboxylic acids is 1. The smallest absolute Gasteiger partial charge is 0.265 e. The molecule has 1 aromatic heterocycles. The highest BCUT2D eigenvalue weighted by atomic mass is 19.3. The van der Waals surface area contributed by atoms with Crippen LogP contribution in [0.2, 0.25) is 0 Å². The van der Waals surface area contributed by atoms with Gasteiger partial charge in [-0.05, 0) is 19.9 Å². The molecule has 0 unspecified atom stereocenters. The molecule has 1 heterocycles. The van der Waals surface area contributed by atoms with Crippen molar-refractivity contribution in [1.29, 1.82) is 0 Å². The molecule has 0 atom stereocenters. The Hall–Kier alpha value is -1.32. The highest BCUT2D eigenvalue weighted by Gasteiger charge is 2.13. The number of pyridine rings is 1. The largest absolute Gasteiger partial charge is 0.298 e. The molecule has 13 heavy (non-hydrogen) atoms. The number of aryl methyl sites for hydroxylation is 2. The minimum Gasteiger partial charge on any atom is -0.298 e. The van der Waals surface area contributed by atoms with Crippen molar-refractivity contribution in [3.05, 3.63) is 28.6 Å². The molecule has 2 nitrogen and oxygen atoms in total. The molecule has 1 rings (SSSR count). The van der Waals surface area contributed by atoms with Crippen LogP contribution in [0.3, 0.4) is 0 Å². The number of hydrogen-bond acceptors (Lipinski definition) is 2. The van der Waals surface area contributed by atoms with Crippen molar-refractivity contribution in [3.8, 4) is 0 Å². The summed E-state index contributed by atoms with van der Waals surface area (Å²) in [4.78, 5) is 14.3. The average Bonchev–Trinajstić information content (AvgIpc) is 2.03.